The first-order valence-electron chi connectivity index (χ1n) is 11.7. The molecule has 2 N–H and O–H groups in total. The lowest BCUT2D eigenvalue weighted by Crippen LogP contribution is -2.31. The van der Waals surface area contributed by atoms with E-state index < -0.39 is 35.9 Å². The fraction of sp³-hybridized carbons (Fsp3) is 0.393. The van der Waals surface area contributed by atoms with Crippen molar-refractivity contribution < 1.29 is 28.6 Å². The predicted molar refractivity (Wildman–Crippen MR) is 132 cm³/mol. The molecule has 1 aromatic rings. The lowest BCUT2D eigenvalue weighted by atomic mass is 9.85. The number of benzene rings is 1. The molecule has 5 nitrogen and oxygen atoms in total. The number of aliphatic imine (C=N–C) groups is 1. The van der Waals surface area contributed by atoms with Crippen LogP contribution in [0.4, 0.5) is 8.78 Å². The Bertz CT molecular complexity index is 1080. The quantitative estimate of drug-likeness (QED) is 0.422. The van der Waals surface area contributed by atoms with Gasteiger partial charge in [0.05, 0.1) is 17.5 Å². The van der Waals surface area contributed by atoms with Crippen LogP contribution in [0.1, 0.15) is 43.2 Å². The van der Waals surface area contributed by atoms with E-state index in [-0.39, 0.29) is 25.0 Å². The average Bonchev–Trinajstić information content (AvgIpc) is 3.16. The Morgan fingerprint density at radius 3 is 2.57 bits per heavy atom. The second-order valence-electron chi connectivity index (χ2n) is 9.22. The first-order valence-corrected chi connectivity index (χ1v) is 11.7. The van der Waals surface area contributed by atoms with Crippen LogP contribution in [-0.4, -0.2) is 45.7 Å². The summed E-state index contributed by atoms with van der Waals surface area (Å²) in [6.45, 7) is 9.12. The van der Waals surface area contributed by atoms with Crippen LogP contribution in [-0.2, 0) is 9.59 Å². The normalized spacial score (nSPS) is 23.0. The van der Waals surface area contributed by atoms with Crippen LogP contribution in [0.3, 0.4) is 0 Å². The van der Waals surface area contributed by atoms with Gasteiger partial charge in [0.25, 0.3) is 5.92 Å². The van der Waals surface area contributed by atoms with Gasteiger partial charge in [-0.1, -0.05) is 61.2 Å². The minimum Gasteiger partial charge on any atom is -0.481 e. The number of nitrogens with zero attached hydrogens (tertiary/aromatic N) is 1. The highest BCUT2D eigenvalue weighted by Crippen LogP contribution is 2.33. The Balaban J connectivity index is 1.75. The maximum atomic E-state index is 13.6. The van der Waals surface area contributed by atoms with Crippen molar-refractivity contribution in [3.05, 3.63) is 84.0 Å². The fourth-order valence-corrected chi connectivity index (χ4v) is 4.37. The molecular weight excluding hydrogens is 452 g/mol. The molecule has 0 saturated heterocycles. The Labute approximate surface area is 204 Å². The van der Waals surface area contributed by atoms with Gasteiger partial charge in [0.15, 0.2) is 5.78 Å². The zero-order chi connectivity index (χ0) is 25.8. The van der Waals surface area contributed by atoms with Crippen molar-refractivity contribution >= 4 is 17.5 Å². The van der Waals surface area contributed by atoms with Crippen LogP contribution in [0.25, 0.3) is 0 Å². The number of allylic oxidation sites excluding steroid dienone is 3. The molecule has 4 unspecified atom stereocenters. The SMILES string of the molecule is C=CC(F)(F)C(O)CCCC1C(=O)C(C(=C)CC2=CCC(C(=O)O)C=C2)N=C1c1ccc(C)cc1. The molecule has 0 fully saturated rings. The van der Waals surface area contributed by atoms with Crippen molar-refractivity contribution in [1.82, 2.24) is 0 Å². The zero-order valence-electron chi connectivity index (χ0n) is 19.8. The number of ketones is 1. The highest BCUT2D eigenvalue weighted by molar-refractivity contribution is 6.20. The number of aliphatic hydroxyl groups excluding tert-OH is 1. The van der Waals surface area contributed by atoms with Gasteiger partial charge < -0.3 is 10.2 Å². The molecule has 186 valence electrons. The summed E-state index contributed by atoms with van der Waals surface area (Å²) >= 11 is 0. The number of halogens is 2. The summed E-state index contributed by atoms with van der Waals surface area (Å²) in [5, 5.41) is 18.9. The molecule has 4 atom stereocenters. The number of rotatable bonds is 11. The first-order chi connectivity index (χ1) is 16.5. The smallest absolute Gasteiger partial charge is 0.310 e. The molecule has 2 aliphatic rings. The van der Waals surface area contributed by atoms with Crippen LogP contribution in [0.5, 0.6) is 0 Å². The summed E-state index contributed by atoms with van der Waals surface area (Å²) in [6.07, 6.45) is 4.90. The van der Waals surface area contributed by atoms with E-state index in [9.17, 15) is 23.5 Å². The molecule has 0 spiro atoms. The number of aliphatic carboxylic acids is 1. The largest absolute Gasteiger partial charge is 0.481 e. The van der Waals surface area contributed by atoms with E-state index in [4.69, 9.17) is 10.1 Å². The number of aliphatic hydroxyl groups is 1. The topological polar surface area (TPSA) is 87.0 Å². The molecular formula is C28H31F2NO4. The van der Waals surface area contributed by atoms with Crippen molar-refractivity contribution in [2.45, 2.75) is 57.1 Å². The Kier molecular flexibility index (Phi) is 8.33. The fourth-order valence-electron chi connectivity index (χ4n) is 4.37. The number of Topliss-reactive ketones (excluding diaryl/α,β-unsaturated/α-hetero) is 1. The van der Waals surface area contributed by atoms with Crippen molar-refractivity contribution in [3.8, 4) is 0 Å². The molecule has 7 heteroatoms. The number of hydrogen-bond acceptors (Lipinski definition) is 4. The summed E-state index contributed by atoms with van der Waals surface area (Å²) in [6, 6.07) is 6.86. The zero-order valence-corrected chi connectivity index (χ0v) is 19.8. The maximum absolute atomic E-state index is 13.6. The van der Waals surface area contributed by atoms with Gasteiger partial charge in [0.2, 0.25) is 0 Å². The van der Waals surface area contributed by atoms with Crippen molar-refractivity contribution in [3.63, 3.8) is 0 Å². The average molecular weight is 484 g/mol. The van der Waals surface area contributed by atoms with Gasteiger partial charge in [-0.3, -0.25) is 14.6 Å². The molecule has 3 rings (SSSR count). The summed E-state index contributed by atoms with van der Waals surface area (Å²) in [7, 11) is 0. The minimum absolute atomic E-state index is 0.139. The third kappa shape index (κ3) is 6.28. The Hall–Kier alpha value is -3.19. The molecule has 1 aliphatic heterocycles. The molecule has 35 heavy (non-hydrogen) atoms. The summed E-state index contributed by atoms with van der Waals surface area (Å²) in [5.74, 6) is -5.55. The molecule has 1 heterocycles. The molecule has 1 aromatic carbocycles. The number of carbonyl (C=O) groups excluding carboxylic acids is 1. The Morgan fingerprint density at radius 1 is 1.31 bits per heavy atom. The summed E-state index contributed by atoms with van der Waals surface area (Å²) in [5.41, 5.74) is 3.94. The van der Waals surface area contributed by atoms with Gasteiger partial charge in [0.1, 0.15) is 12.1 Å². The number of hydrogen-bond donors (Lipinski definition) is 2. The molecule has 0 aromatic heterocycles. The summed E-state index contributed by atoms with van der Waals surface area (Å²) in [4.78, 5) is 29.3. The molecule has 0 radical (unpaired) electrons. The number of carboxylic acid groups (broad SMARTS) is 1. The second kappa shape index (κ2) is 11.0. The second-order valence-corrected chi connectivity index (χ2v) is 9.22. The van der Waals surface area contributed by atoms with Gasteiger partial charge >= 0.3 is 5.97 Å². The van der Waals surface area contributed by atoms with Crippen LogP contribution < -0.4 is 0 Å². The first kappa shape index (κ1) is 26.4. The van der Waals surface area contributed by atoms with Crippen LogP contribution >= 0.6 is 0 Å². The van der Waals surface area contributed by atoms with Crippen LogP contribution in [0, 0.1) is 18.8 Å². The number of carboxylic acids is 1. The van der Waals surface area contributed by atoms with Crippen molar-refractivity contribution in [2.75, 3.05) is 0 Å². The molecule has 0 saturated carbocycles. The van der Waals surface area contributed by atoms with Gasteiger partial charge in [-0.2, -0.15) is 8.78 Å². The number of carbonyl (C=O) groups is 2. The lowest BCUT2D eigenvalue weighted by molar-refractivity contribution is -0.140. The third-order valence-electron chi connectivity index (χ3n) is 6.56. The summed E-state index contributed by atoms with van der Waals surface area (Å²) < 4.78 is 27.3. The van der Waals surface area contributed by atoms with Crippen molar-refractivity contribution in [2.24, 2.45) is 16.8 Å². The van der Waals surface area contributed by atoms with Gasteiger partial charge in [-0.15, -0.1) is 0 Å². The number of aryl methyl sites for hydroxylation is 1. The third-order valence-corrected chi connectivity index (χ3v) is 6.56. The molecule has 0 amide bonds. The van der Waals surface area contributed by atoms with E-state index in [0.29, 0.717) is 30.2 Å². The van der Waals surface area contributed by atoms with E-state index in [1.165, 1.54) is 0 Å². The van der Waals surface area contributed by atoms with Gasteiger partial charge in [-0.25, -0.2) is 0 Å². The highest BCUT2D eigenvalue weighted by Gasteiger charge is 2.40. The molecule has 0 bridgehead atoms. The van der Waals surface area contributed by atoms with Gasteiger partial charge in [0, 0.05) is 0 Å². The van der Waals surface area contributed by atoms with E-state index in [2.05, 4.69) is 13.2 Å². The molecule has 1 aliphatic carbocycles. The van der Waals surface area contributed by atoms with E-state index in [0.717, 1.165) is 16.7 Å². The van der Waals surface area contributed by atoms with Crippen LogP contribution in [0.2, 0.25) is 0 Å². The highest BCUT2D eigenvalue weighted by atomic mass is 19.3. The van der Waals surface area contributed by atoms with E-state index in [1.54, 1.807) is 12.2 Å². The van der Waals surface area contributed by atoms with E-state index in [1.807, 2.05) is 37.3 Å². The minimum atomic E-state index is -3.38. The predicted octanol–water partition coefficient (Wildman–Crippen LogP) is 5.24. The maximum Gasteiger partial charge on any atom is 0.310 e. The number of alkyl halides is 2. The lowest BCUT2D eigenvalue weighted by Gasteiger charge is -2.20. The standard InChI is InChI=1S/C28H31F2NO4/c1-4-28(29,30)23(32)7-5-6-22-25(20-12-8-17(2)9-13-20)31-24(26(22)33)18(3)16-19-10-14-21(15-11-19)27(34)35/h4,8-14,21-24,32H,1,3,5-7,15-16H2,2H3,(H,34,35). The Morgan fingerprint density at radius 2 is 2.00 bits per heavy atom. The van der Waals surface area contributed by atoms with Crippen molar-refractivity contribution in [1.29, 1.82) is 0 Å². The monoisotopic (exact) mass is 483 g/mol. The van der Waals surface area contributed by atoms with E-state index >= 15 is 0 Å². The van der Waals surface area contributed by atoms with Gasteiger partial charge in [-0.05, 0) is 61.8 Å². The van der Waals surface area contributed by atoms with Crippen LogP contribution in [0.15, 0.2) is 77.9 Å².